The van der Waals surface area contributed by atoms with Gasteiger partial charge in [0.15, 0.2) is 11.5 Å². The van der Waals surface area contributed by atoms with Crippen LogP contribution in [0.15, 0.2) is 41.5 Å². The molecule has 0 saturated carbocycles. The Balaban J connectivity index is 2.14. The van der Waals surface area contributed by atoms with Gasteiger partial charge in [0.2, 0.25) is 0 Å². The third-order valence-electron chi connectivity index (χ3n) is 3.03. The minimum absolute atomic E-state index is 0.346. The molecule has 0 atom stereocenters. The van der Waals surface area contributed by atoms with Gasteiger partial charge in [-0.15, -0.1) is 0 Å². The first kappa shape index (κ1) is 18.1. The molecule has 0 fully saturated rings. The second-order valence-corrected chi connectivity index (χ2v) is 5.46. The van der Waals surface area contributed by atoms with Crippen LogP contribution in [0.4, 0.5) is 0 Å². The first-order chi connectivity index (χ1) is 11.6. The van der Waals surface area contributed by atoms with Gasteiger partial charge in [0.05, 0.1) is 35.5 Å². The molecule has 0 heterocycles. The molecule has 0 bridgehead atoms. The largest absolute Gasteiger partial charge is 0.491 e. The van der Waals surface area contributed by atoms with Crippen LogP contribution in [0.25, 0.3) is 0 Å². The average molecular weight is 367 g/mol. The number of carbonyl (C=O) groups is 1. The van der Waals surface area contributed by atoms with E-state index >= 15 is 0 Å². The number of methoxy groups -OCH3 is 1. The molecule has 0 aliphatic heterocycles. The lowest BCUT2D eigenvalue weighted by atomic mass is 10.2. The van der Waals surface area contributed by atoms with Crippen molar-refractivity contribution in [3.63, 3.8) is 0 Å². The quantitative estimate of drug-likeness (QED) is 0.616. The highest BCUT2D eigenvalue weighted by Gasteiger charge is 2.11. The van der Waals surface area contributed by atoms with Crippen LogP contribution in [0.5, 0.6) is 11.5 Å². The molecular weight excluding hydrogens is 351 g/mol. The number of hydrogen-bond acceptors (Lipinski definition) is 4. The summed E-state index contributed by atoms with van der Waals surface area (Å²) in [6.07, 6.45) is 1.46. The van der Waals surface area contributed by atoms with E-state index in [2.05, 4.69) is 10.5 Å². The van der Waals surface area contributed by atoms with Crippen LogP contribution in [0.3, 0.4) is 0 Å². The van der Waals surface area contributed by atoms with Gasteiger partial charge in [-0.3, -0.25) is 4.79 Å². The van der Waals surface area contributed by atoms with Crippen LogP contribution < -0.4 is 14.9 Å². The van der Waals surface area contributed by atoms with Crippen LogP contribution in [0, 0.1) is 0 Å². The van der Waals surface area contributed by atoms with Gasteiger partial charge < -0.3 is 9.47 Å². The van der Waals surface area contributed by atoms with E-state index in [1.165, 1.54) is 13.3 Å². The van der Waals surface area contributed by atoms with Gasteiger partial charge in [-0.05, 0) is 36.8 Å². The lowest BCUT2D eigenvalue weighted by Gasteiger charge is -2.11. The maximum Gasteiger partial charge on any atom is 0.272 e. The summed E-state index contributed by atoms with van der Waals surface area (Å²) in [4.78, 5) is 12.0. The topological polar surface area (TPSA) is 59.9 Å². The summed E-state index contributed by atoms with van der Waals surface area (Å²) in [5, 5.41) is 4.67. The van der Waals surface area contributed by atoms with Crippen molar-refractivity contribution in [3.05, 3.63) is 57.6 Å². The number of carbonyl (C=O) groups excluding carboxylic acids is 1. The summed E-state index contributed by atoms with van der Waals surface area (Å²) < 4.78 is 10.7. The van der Waals surface area contributed by atoms with Gasteiger partial charge in [0, 0.05) is 0 Å². The van der Waals surface area contributed by atoms with Crippen molar-refractivity contribution in [2.45, 2.75) is 6.92 Å². The highest BCUT2D eigenvalue weighted by Crippen LogP contribution is 2.35. The Morgan fingerprint density at radius 3 is 2.67 bits per heavy atom. The van der Waals surface area contributed by atoms with Crippen LogP contribution in [0.1, 0.15) is 22.8 Å². The van der Waals surface area contributed by atoms with Crippen molar-refractivity contribution in [2.75, 3.05) is 13.7 Å². The van der Waals surface area contributed by atoms with Crippen molar-refractivity contribution in [3.8, 4) is 11.5 Å². The molecule has 2 aromatic carbocycles. The molecule has 0 radical (unpaired) electrons. The number of nitrogens with one attached hydrogen (secondary N) is 1. The van der Waals surface area contributed by atoms with E-state index in [-0.39, 0.29) is 0 Å². The Labute approximate surface area is 150 Å². The smallest absolute Gasteiger partial charge is 0.272 e. The molecule has 0 aliphatic rings. The van der Waals surface area contributed by atoms with E-state index < -0.39 is 5.91 Å². The summed E-state index contributed by atoms with van der Waals surface area (Å²) in [5.41, 5.74) is 3.42. The third-order valence-corrected chi connectivity index (χ3v) is 3.64. The minimum atomic E-state index is -0.401. The highest BCUT2D eigenvalue weighted by molar-refractivity contribution is 6.34. The van der Waals surface area contributed by atoms with E-state index in [4.69, 9.17) is 32.7 Å². The molecular formula is C17H16Cl2N2O3. The van der Waals surface area contributed by atoms with Crippen molar-refractivity contribution in [1.29, 1.82) is 0 Å². The Hall–Kier alpha value is -2.24. The number of ether oxygens (including phenoxy) is 2. The van der Waals surface area contributed by atoms with Gasteiger partial charge in [-0.2, -0.15) is 5.10 Å². The van der Waals surface area contributed by atoms with Gasteiger partial charge in [-0.25, -0.2) is 5.43 Å². The van der Waals surface area contributed by atoms with Crippen LogP contribution in [-0.2, 0) is 0 Å². The first-order valence-electron chi connectivity index (χ1n) is 7.15. The minimum Gasteiger partial charge on any atom is -0.491 e. The summed E-state index contributed by atoms with van der Waals surface area (Å²) in [7, 11) is 1.52. The van der Waals surface area contributed by atoms with Crippen molar-refractivity contribution < 1.29 is 14.3 Å². The molecule has 0 unspecified atom stereocenters. The predicted octanol–water partition coefficient (Wildman–Crippen LogP) is 4.16. The Bertz CT molecular complexity index is 763. The number of halogens is 2. The maximum absolute atomic E-state index is 12.0. The molecule has 2 rings (SSSR count). The first-order valence-corrected chi connectivity index (χ1v) is 7.90. The number of nitrogens with zero attached hydrogens (tertiary/aromatic N) is 1. The fourth-order valence-electron chi connectivity index (χ4n) is 1.99. The summed E-state index contributed by atoms with van der Waals surface area (Å²) >= 11 is 12.1. The van der Waals surface area contributed by atoms with Crippen molar-refractivity contribution in [1.82, 2.24) is 5.43 Å². The maximum atomic E-state index is 12.0. The fourth-order valence-corrected chi connectivity index (χ4v) is 2.51. The van der Waals surface area contributed by atoms with E-state index in [1.54, 1.807) is 36.4 Å². The number of benzene rings is 2. The van der Waals surface area contributed by atoms with E-state index in [9.17, 15) is 4.79 Å². The molecule has 7 heteroatoms. The highest BCUT2D eigenvalue weighted by atomic mass is 35.5. The SMILES string of the molecule is CCOc1cc(/C=N\NC(=O)c2ccccc2Cl)cc(Cl)c1OC. The number of hydrazone groups is 1. The summed E-state index contributed by atoms with van der Waals surface area (Å²) in [6, 6.07) is 10.1. The zero-order chi connectivity index (χ0) is 17.5. The second kappa shape index (κ2) is 8.57. The summed E-state index contributed by atoms with van der Waals surface area (Å²) in [5.74, 6) is 0.559. The summed E-state index contributed by atoms with van der Waals surface area (Å²) in [6.45, 7) is 2.33. The molecule has 1 N–H and O–H groups in total. The third kappa shape index (κ3) is 4.40. The van der Waals surface area contributed by atoms with Crippen LogP contribution in [-0.4, -0.2) is 25.8 Å². The molecule has 0 aromatic heterocycles. The zero-order valence-electron chi connectivity index (χ0n) is 13.2. The Morgan fingerprint density at radius 1 is 1.25 bits per heavy atom. The zero-order valence-corrected chi connectivity index (χ0v) is 14.7. The van der Waals surface area contributed by atoms with E-state index in [0.29, 0.717) is 39.3 Å². The molecule has 5 nitrogen and oxygen atoms in total. The van der Waals surface area contributed by atoms with Crippen molar-refractivity contribution in [2.24, 2.45) is 5.10 Å². The molecule has 0 aliphatic carbocycles. The van der Waals surface area contributed by atoms with Gasteiger partial charge in [0.1, 0.15) is 0 Å². The van der Waals surface area contributed by atoms with Gasteiger partial charge >= 0.3 is 0 Å². The number of rotatable bonds is 6. The second-order valence-electron chi connectivity index (χ2n) is 4.65. The molecule has 1 amide bonds. The lowest BCUT2D eigenvalue weighted by Crippen LogP contribution is -2.17. The van der Waals surface area contributed by atoms with Crippen LogP contribution >= 0.6 is 23.2 Å². The lowest BCUT2D eigenvalue weighted by molar-refractivity contribution is 0.0955. The molecule has 126 valence electrons. The van der Waals surface area contributed by atoms with E-state index in [1.807, 2.05) is 6.92 Å². The van der Waals surface area contributed by atoms with Gasteiger partial charge in [0.25, 0.3) is 5.91 Å². The van der Waals surface area contributed by atoms with Gasteiger partial charge in [-0.1, -0.05) is 35.3 Å². The molecule has 0 saturated heterocycles. The Morgan fingerprint density at radius 2 is 2.00 bits per heavy atom. The number of amides is 1. The average Bonchev–Trinajstić information content (AvgIpc) is 2.55. The standard InChI is InChI=1S/C17H16Cl2N2O3/c1-3-24-15-9-11(8-14(19)16(15)23-2)10-20-21-17(22)12-6-4-5-7-13(12)18/h4-10H,3H2,1-2H3,(H,21,22)/b20-10-. The molecule has 0 spiro atoms. The molecule has 24 heavy (non-hydrogen) atoms. The molecule has 2 aromatic rings. The normalized spacial score (nSPS) is 10.7. The monoisotopic (exact) mass is 366 g/mol. The number of hydrogen-bond donors (Lipinski definition) is 1. The fraction of sp³-hybridized carbons (Fsp3) is 0.176. The van der Waals surface area contributed by atoms with Crippen LogP contribution in [0.2, 0.25) is 10.0 Å². The Kier molecular flexibility index (Phi) is 6.46. The van der Waals surface area contributed by atoms with E-state index in [0.717, 1.165) is 0 Å². The van der Waals surface area contributed by atoms with Crippen molar-refractivity contribution >= 4 is 35.3 Å². The predicted molar refractivity (Wildman–Crippen MR) is 95.7 cm³/mol.